The van der Waals surface area contributed by atoms with Gasteiger partial charge in [-0.05, 0) is 37.3 Å². The molecule has 0 bridgehead atoms. The van der Waals surface area contributed by atoms with Crippen LogP contribution in [0.2, 0.25) is 0 Å². The number of hydrogen-bond acceptors (Lipinski definition) is 4. The van der Waals surface area contributed by atoms with Crippen LogP contribution >= 0.6 is 0 Å². The standard InChI is InChI=1S/C21H19F3N4O3/c1-2-26-8-7-17-18(14-11-25-27(12-14)9-10-29)13-28(20(30)19(17)26)15-3-5-16(6-4-15)31-21(22,23)24/h3-8,11-13,29H,2,9-10H2,1H3. The highest BCUT2D eigenvalue weighted by Gasteiger charge is 2.31. The van der Waals surface area contributed by atoms with Gasteiger partial charge in [0.2, 0.25) is 0 Å². The fourth-order valence-electron chi connectivity index (χ4n) is 3.52. The number of pyridine rings is 1. The number of benzene rings is 1. The molecular formula is C21H19F3N4O3. The van der Waals surface area contributed by atoms with Gasteiger partial charge < -0.3 is 14.4 Å². The molecule has 0 aliphatic carbocycles. The zero-order valence-corrected chi connectivity index (χ0v) is 16.5. The molecule has 0 aliphatic rings. The summed E-state index contributed by atoms with van der Waals surface area (Å²) in [4.78, 5) is 13.3. The van der Waals surface area contributed by atoms with E-state index in [2.05, 4.69) is 9.84 Å². The summed E-state index contributed by atoms with van der Waals surface area (Å²) < 4.78 is 46.1. The van der Waals surface area contributed by atoms with E-state index in [1.165, 1.54) is 16.7 Å². The third kappa shape index (κ3) is 4.06. The molecule has 0 amide bonds. The minimum Gasteiger partial charge on any atom is -0.406 e. The molecule has 0 saturated carbocycles. The van der Waals surface area contributed by atoms with Crippen molar-refractivity contribution in [2.75, 3.05) is 6.61 Å². The maximum atomic E-state index is 13.3. The minimum atomic E-state index is -4.79. The molecule has 0 aliphatic heterocycles. The van der Waals surface area contributed by atoms with E-state index in [1.54, 1.807) is 23.3 Å². The highest BCUT2D eigenvalue weighted by molar-refractivity contribution is 5.94. The maximum Gasteiger partial charge on any atom is 0.573 e. The molecule has 162 valence electrons. The largest absolute Gasteiger partial charge is 0.573 e. The molecule has 0 fully saturated rings. The first kappa shape index (κ1) is 20.7. The van der Waals surface area contributed by atoms with Crippen LogP contribution in [0.5, 0.6) is 5.75 Å². The molecule has 1 N–H and O–H groups in total. The van der Waals surface area contributed by atoms with E-state index in [1.807, 2.05) is 23.8 Å². The summed E-state index contributed by atoms with van der Waals surface area (Å²) in [7, 11) is 0. The van der Waals surface area contributed by atoms with Gasteiger partial charge in [-0.2, -0.15) is 5.10 Å². The number of halogens is 3. The Bertz CT molecular complexity index is 1270. The van der Waals surface area contributed by atoms with Crippen molar-refractivity contribution in [1.29, 1.82) is 0 Å². The Labute approximate surface area is 174 Å². The van der Waals surface area contributed by atoms with E-state index in [0.717, 1.165) is 28.6 Å². The second-order valence-corrected chi connectivity index (χ2v) is 6.84. The highest BCUT2D eigenvalue weighted by Crippen LogP contribution is 2.29. The van der Waals surface area contributed by atoms with Crippen LogP contribution < -0.4 is 10.3 Å². The predicted octanol–water partition coefficient (Wildman–Crippen LogP) is 3.57. The zero-order chi connectivity index (χ0) is 22.2. The number of alkyl halides is 3. The number of aromatic nitrogens is 4. The summed E-state index contributed by atoms with van der Waals surface area (Å²) in [6.07, 6.45) is 2.08. The maximum absolute atomic E-state index is 13.3. The van der Waals surface area contributed by atoms with Crippen molar-refractivity contribution in [3.63, 3.8) is 0 Å². The fourth-order valence-corrected chi connectivity index (χ4v) is 3.52. The molecule has 0 spiro atoms. The molecular weight excluding hydrogens is 413 g/mol. The van der Waals surface area contributed by atoms with E-state index in [0.29, 0.717) is 24.3 Å². The van der Waals surface area contributed by atoms with Crippen LogP contribution in [-0.4, -0.2) is 37.0 Å². The molecule has 3 aromatic heterocycles. The normalized spacial score (nSPS) is 11.9. The number of aliphatic hydroxyl groups excluding tert-OH is 1. The molecule has 3 heterocycles. The lowest BCUT2D eigenvalue weighted by Crippen LogP contribution is -2.21. The molecule has 0 radical (unpaired) electrons. The van der Waals surface area contributed by atoms with Crippen molar-refractivity contribution in [2.45, 2.75) is 26.4 Å². The van der Waals surface area contributed by atoms with Crippen molar-refractivity contribution in [2.24, 2.45) is 0 Å². The Kier molecular flexibility index (Phi) is 5.32. The average molecular weight is 432 g/mol. The summed E-state index contributed by atoms with van der Waals surface area (Å²) in [6, 6.07) is 6.97. The molecule has 1 aromatic carbocycles. The SMILES string of the molecule is CCn1ccc2c(-c3cnn(CCO)c3)cn(-c3ccc(OC(F)(F)F)cc3)c(=O)c21. The van der Waals surface area contributed by atoms with Crippen LogP contribution in [-0.2, 0) is 13.1 Å². The summed E-state index contributed by atoms with van der Waals surface area (Å²) in [6.45, 7) is 2.76. The van der Waals surface area contributed by atoms with Crippen LogP contribution in [0.1, 0.15) is 6.92 Å². The predicted molar refractivity (Wildman–Crippen MR) is 108 cm³/mol. The first-order valence-corrected chi connectivity index (χ1v) is 9.55. The molecule has 31 heavy (non-hydrogen) atoms. The Morgan fingerprint density at radius 1 is 1.13 bits per heavy atom. The van der Waals surface area contributed by atoms with Gasteiger partial charge in [0.15, 0.2) is 0 Å². The summed E-state index contributed by atoms with van der Waals surface area (Å²) in [5.74, 6) is -0.368. The van der Waals surface area contributed by atoms with Crippen molar-refractivity contribution in [1.82, 2.24) is 18.9 Å². The lowest BCUT2D eigenvalue weighted by atomic mass is 10.1. The van der Waals surface area contributed by atoms with E-state index in [-0.39, 0.29) is 17.9 Å². The number of ether oxygens (including phenoxy) is 1. The second kappa shape index (κ2) is 7.95. The molecule has 4 rings (SSSR count). The molecule has 0 unspecified atom stereocenters. The van der Waals surface area contributed by atoms with Crippen LogP contribution in [0.4, 0.5) is 13.2 Å². The van der Waals surface area contributed by atoms with Crippen LogP contribution in [0, 0.1) is 0 Å². The van der Waals surface area contributed by atoms with Gasteiger partial charge in [-0.1, -0.05) is 0 Å². The van der Waals surface area contributed by atoms with Gasteiger partial charge in [0.05, 0.1) is 19.3 Å². The van der Waals surface area contributed by atoms with Gasteiger partial charge in [-0.25, -0.2) is 0 Å². The van der Waals surface area contributed by atoms with Gasteiger partial charge in [0, 0.05) is 47.3 Å². The lowest BCUT2D eigenvalue weighted by Gasteiger charge is -2.13. The summed E-state index contributed by atoms with van der Waals surface area (Å²) in [5, 5.41) is 14.1. The van der Waals surface area contributed by atoms with E-state index in [4.69, 9.17) is 5.11 Å². The number of fused-ring (bicyclic) bond motifs is 1. The van der Waals surface area contributed by atoms with E-state index in [9.17, 15) is 18.0 Å². The minimum absolute atomic E-state index is 0.0609. The topological polar surface area (TPSA) is 74.2 Å². The van der Waals surface area contributed by atoms with Crippen LogP contribution in [0.25, 0.3) is 27.7 Å². The lowest BCUT2D eigenvalue weighted by molar-refractivity contribution is -0.274. The van der Waals surface area contributed by atoms with Crippen molar-refractivity contribution >= 4 is 10.9 Å². The monoisotopic (exact) mass is 432 g/mol. The number of aliphatic hydroxyl groups is 1. The second-order valence-electron chi connectivity index (χ2n) is 6.84. The molecule has 7 nitrogen and oxygen atoms in total. The van der Waals surface area contributed by atoms with Gasteiger partial charge in [-0.3, -0.25) is 14.0 Å². The first-order valence-electron chi connectivity index (χ1n) is 9.55. The number of nitrogens with zero attached hydrogens (tertiary/aromatic N) is 4. The first-order chi connectivity index (χ1) is 14.8. The fraction of sp³-hybridized carbons (Fsp3) is 0.238. The van der Waals surface area contributed by atoms with Gasteiger partial charge in [-0.15, -0.1) is 13.2 Å². The quantitative estimate of drug-likeness (QED) is 0.506. The third-order valence-corrected chi connectivity index (χ3v) is 4.90. The number of hydrogen-bond donors (Lipinski definition) is 1. The Balaban J connectivity index is 1.87. The van der Waals surface area contributed by atoms with Crippen molar-refractivity contribution in [3.8, 4) is 22.6 Å². The smallest absolute Gasteiger partial charge is 0.406 e. The van der Waals surface area contributed by atoms with Gasteiger partial charge in [0.25, 0.3) is 5.56 Å². The Hall–Kier alpha value is -3.53. The van der Waals surface area contributed by atoms with Crippen LogP contribution in [0.3, 0.4) is 0 Å². The Morgan fingerprint density at radius 3 is 2.52 bits per heavy atom. The van der Waals surface area contributed by atoms with E-state index < -0.39 is 6.36 Å². The highest BCUT2D eigenvalue weighted by atomic mass is 19.4. The number of rotatable bonds is 6. The van der Waals surface area contributed by atoms with Crippen molar-refractivity contribution < 1.29 is 23.0 Å². The molecule has 10 heteroatoms. The van der Waals surface area contributed by atoms with E-state index >= 15 is 0 Å². The van der Waals surface area contributed by atoms with Gasteiger partial charge >= 0.3 is 6.36 Å². The van der Waals surface area contributed by atoms with Crippen LogP contribution in [0.15, 0.2) is 59.9 Å². The zero-order valence-electron chi connectivity index (χ0n) is 16.5. The molecule has 4 aromatic rings. The van der Waals surface area contributed by atoms with Gasteiger partial charge in [0.1, 0.15) is 11.3 Å². The number of aryl methyl sites for hydroxylation is 1. The summed E-state index contributed by atoms with van der Waals surface area (Å²) in [5.41, 5.74) is 2.07. The average Bonchev–Trinajstić information content (AvgIpc) is 3.36. The van der Waals surface area contributed by atoms with Crippen molar-refractivity contribution in [3.05, 3.63) is 65.5 Å². The molecule has 0 saturated heterocycles. The molecule has 0 atom stereocenters. The third-order valence-electron chi connectivity index (χ3n) is 4.90. The Morgan fingerprint density at radius 2 is 1.87 bits per heavy atom. The summed E-state index contributed by atoms with van der Waals surface area (Å²) >= 11 is 0.